The molecule has 0 bridgehead atoms. The first-order valence-corrected chi connectivity index (χ1v) is 5.00. The van der Waals surface area contributed by atoms with Crippen LogP contribution in [-0.2, 0) is 0 Å². The number of rotatable bonds is 1. The van der Waals surface area contributed by atoms with E-state index < -0.39 is 11.3 Å². The molecule has 0 radical (unpaired) electrons. The van der Waals surface area contributed by atoms with E-state index in [1.807, 2.05) is 7.05 Å². The van der Waals surface area contributed by atoms with Gasteiger partial charge in [0.25, 0.3) is 5.92 Å². The summed E-state index contributed by atoms with van der Waals surface area (Å²) in [5.41, 5.74) is -1.00. The van der Waals surface area contributed by atoms with Gasteiger partial charge in [-0.1, -0.05) is 26.8 Å². The summed E-state index contributed by atoms with van der Waals surface area (Å²) in [5, 5.41) is 0. The van der Waals surface area contributed by atoms with E-state index in [0.29, 0.717) is 6.54 Å². The minimum atomic E-state index is -2.72. The Morgan fingerprint density at radius 3 is 2.23 bits per heavy atom. The van der Waals surface area contributed by atoms with E-state index in [9.17, 15) is 8.78 Å². The lowest BCUT2D eigenvalue weighted by atomic mass is 9.87. The van der Waals surface area contributed by atoms with Crippen LogP contribution in [0, 0.1) is 5.41 Å². The number of halogens is 2. The largest absolute Gasteiger partial charge is 0.284 e. The van der Waals surface area contributed by atoms with E-state index >= 15 is 0 Å². The second kappa shape index (κ2) is 3.24. The number of allylic oxidation sites excluding steroid dienone is 1. The van der Waals surface area contributed by atoms with E-state index in [2.05, 4.69) is 0 Å². The highest BCUT2D eigenvalue weighted by Gasteiger charge is 2.48. The van der Waals surface area contributed by atoms with Gasteiger partial charge in [0.1, 0.15) is 0 Å². The average Bonchev–Trinajstić information content (AvgIpc) is 2.33. The number of hydrogen-bond donors (Lipinski definition) is 0. The molecule has 1 rings (SSSR count). The standard InChI is InChI=1S/C9H15F2NS/c1-8(2,3)9(10,11)7-5-6-12(4)13-7/h5H,6H2,1-4H3. The first kappa shape index (κ1) is 11.0. The fourth-order valence-corrected chi connectivity index (χ4v) is 2.06. The predicted octanol–water partition coefficient (Wildman–Crippen LogP) is 3.15. The van der Waals surface area contributed by atoms with Gasteiger partial charge in [0.2, 0.25) is 0 Å². The molecule has 1 nitrogen and oxygen atoms in total. The molecule has 13 heavy (non-hydrogen) atoms. The Morgan fingerprint density at radius 1 is 1.38 bits per heavy atom. The smallest absolute Gasteiger partial charge is 0.246 e. The van der Waals surface area contributed by atoms with Crippen molar-refractivity contribution in [3.63, 3.8) is 0 Å². The first-order valence-electron chi connectivity index (χ1n) is 4.23. The highest BCUT2D eigenvalue weighted by Crippen LogP contribution is 2.48. The van der Waals surface area contributed by atoms with Crippen molar-refractivity contribution in [2.75, 3.05) is 13.6 Å². The van der Waals surface area contributed by atoms with E-state index in [0.717, 1.165) is 11.9 Å². The predicted molar refractivity (Wildman–Crippen MR) is 52.7 cm³/mol. The molecule has 4 heteroatoms. The summed E-state index contributed by atoms with van der Waals surface area (Å²) in [4.78, 5) is 0.183. The molecule has 1 heterocycles. The highest BCUT2D eigenvalue weighted by molar-refractivity contribution is 8.01. The molecule has 0 saturated heterocycles. The van der Waals surface area contributed by atoms with Crippen LogP contribution in [-0.4, -0.2) is 23.8 Å². The lowest BCUT2D eigenvalue weighted by Gasteiger charge is -2.31. The zero-order valence-corrected chi connectivity index (χ0v) is 9.21. The lowest BCUT2D eigenvalue weighted by molar-refractivity contribution is -0.0535. The maximum absolute atomic E-state index is 13.7. The van der Waals surface area contributed by atoms with Crippen molar-refractivity contribution < 1.29 is 8.78 Å². The Labute approximate surface area is 82.3 Å². The monoisotopic (exact) mass is 207 g/mol. The van der Waals surface area contributed by atoms with Crippen LogP contribution in [0.15, 0.2) is 11.0 Å². The molecule has 0 aromatic rings. The highest BCUT2D eigenvalue weighted by atomic mass is 32.2. The Morgan fingerprint density at radius 2 is 1.92 bits per heavy atom. The van der Waals surface area contributed by atoms with Gasteiger partial charge in [0.15, 0.2) is 0 Å². The molecule has 0 amide bonds. The molecule has 0 fully saturated rings. The molecule has 0 unspecified atom stereocenters. The molecule has 0 aromatic carbocycles. The SMILES string of the molecule is CN1CC=C(C(F)(F)C(C)(C)C)S1. The van der Waals surface area contributed by atoms with Crippen LogP contribution < -0.4 is 0 Å². The molecule has 0 aliphatic carbocycles. The Bertz CT molecular complexity index is 230. The fraction of sp³-hybridized carbons (Fsp3) is 0.778. The normalized spacial score (nSPS) is 20.6. The maximum Gasteiger partial charge on any atom is 0.284 e. The van der Waals surface area contributed by atoms with E-state index in [-0.39, 0.29) is 4.91 Å². The number of hydrogen-bond acceptors (Lipinski definition) is 2. The zero-order valence-electron chi connectivity index (χ0n) is 8.40. The molecule has 1 aliphatic heterocycles. The van der Waals surface area contributed by atoms with Gasteiger partial charge in [-0.25, -0.2) is 13.1 Å². The van der Waals surface area contributed by atoms with Crippen molar-refractivity contribution in [2.24, 2.45) is 5.41 Å². The molecule has 76 valence electrons. The minimum absolute atomic E-state index is 0.183. The van der Waals surface area contributed by atoms with Crippen LogP contribution in [0.5, 0.6) is 0 Å². The Hall–Kier alpha value is -0.0900. The molecule has 0 atom stereocenters. The van der Waals surface area contributed by atoms with Crippen LogP contribution in [0.4, 0.5) is 8.78 Å². The van der Waals surface area contributed by atoms with Gasteiger partial charge in [0.05, 0.1) is 4.91 Å². The van der Waals surface area contributed by atoms with Crippen molar-refractivity contribution in [1.29, 1.82) is 0 Å². The molecular weight excluding hydrogens is 192 g/mol. The van der Waals surface area contributed by atoms with Gasteiger partial charge in [-0.2, -0.15) is 0 Å². The van der Waals surface area contributed by atoms with Gasteiger partial charge in [0, 0.05) is 12.0 Å². The van der Waals surface area contributed by atoms with Crippen LogP contribution in [0.1, 0.15) is 20.8 Å². The molecule has 0 N–H and O–H groups in total. The summed E-state index contributed by atoms with van der Waals surface area (Å²) >= 11 is 1.14. The summed E-state index contributed by atoms with van der Waals surface area (Å²) in [6.45, 7) is 5.29. The fourth-order valence-electron chi connectivity index (χ4n) is 1.01. The van der Waals surface area contributed by atoms with E-state index in [1.54, 1.807) is 31.2 Å². The van der Waals surface area contributed by atoms with Gasteiger partial charge in [-0.15, -0.1) is 0 Å². The van der Waals surface area contributed by atoms with Crippen molar-refractivity contribution in [1.82, 2.24) is 4.31 Å². The number of nitrogens with zero attached hydrogens (tertiary/aromatic N) is 1. The van der Waals surface area contributed by atoms with Gasteiger partial charge in [-0.05, 0) is 19.0 Å². The maximum atomic E-state index is 13.7. The van der Waals surface area contributed by atoms with E-state index in [4.69, 9.17) is 0 Å². The second-order valence-electron chi connectivity index (χ2n) is 4.29. The van der Waals surface area contributed by atoms with Gasteiger partial charge >= 0.3 is 0 Å². The Kier molecular flexibility index (Phi) is 2.74. The number of alkyl halides is 2. The minimum Gasteiger partial charge on any atom is -0.246 e. The van der Waals surface area contributed by atoms with Gasteiger partial charge in [-0.3, -0.25) is 0 Å². The third-order valence-corrected chi connectivity index (χ3v) is 3.12. The quantitative estimate of drug-likeness (QED) is 0.608. The molecule has 0 aromatic heterocycles. The summed E-state index contributed by atoms with van der Waals surface area (Å²) in [5.74, 6) is -2.72. The molecule has 1 aliphatic rings. The van der Waals surface area contributed by atoms with Crippen LogP contribution in [0.25, 0.3) is 0 Å². The molecular formula is C9H15F2NS. The van der Waals surface area contributed by atoms with Crippen LogP contribution >= 0.6 is 11.9 Å². The summed E-state index contributed by atoms with van der Waals surface area (Å²) in [7, 11) is 1.81. The molecule has 0 spiro atoms. The topological polar surface area (TPSA) is 3.24 Å². The van der Waals surface area contributed by atoms with E-state index in [1.165, 1.54) is 0 Å². The second-order valence-corrected chi connectivity index (χ2v) is 5.54. The third kappa shape index (κ3) is 2.05. The van der Waals surface area contributed by atoms with Gasteiger partial charge < -0.3 is 0 Å². The van der Waals surface area contributed by atoms with Crippen molar-refractivity contribution in [3.05, 3.63) is 11.0 Å². The Balaban J connectivity index is 2.82. The third-order valence-electron chi connectivity index (χ3n) is 2.04. The van der Waals surface area contributed by atoms with Crippen molar-refractivity contribution >= 4 is 11.9 Å². The summed E-state index contributed by atoms with van der Waals surface area (Å²) in [6, 6.07) is 0. The average molecular weight is 207 g/mol. The summed E-state index contributed by atoms with van der Waals surface area (Å²) in [6.07, 6.45) is 1.61. The van der Waals surface area contributed by atoms with Crippen molar-refractivity contribution in [3.8, 4) is 0 Å². The lowest BCUT2D eigenvalue weighted by Crippen LogP contribution is -2.34. The summed E-state index contributed by atoms with van der Waals surface area (Å²) < 4.78 is 29.2. The zero-order chi connectivity index (χ0) is 10.3. The first-order chi connectivity index (χ1) is 5.75. The van der Waals surface area contributed by atoms with Crippen molar-refractivity contribution in [2.45, 2.75) is 26.7 Å². The van der Waals surface area contributed by atoms with Crippen LogP contribution in [0.2, 0.25) is 0 Å². The van der Waals surface area contributed by atoms with Crippen LogP contribution in [0.3, 0.4) is 0 Å². The molecule has 0 saturated carbocycles. The number of likely N-dealkylation sites (N-methyl/N-ethyl adjacent to an activating group) is 1.